The monoisotopic (exact) mass is 267 g/mol. The molecule has 0 aliphatic rings. The first-order chi connectivity index (χ1) is 8.85. The Labute approximate surface area is 117 Å². The molecule has 0 saturated carbocycles. The van der Waals surface area contributed by atoms with Crippen LogP contribution >= 0.6 is 0 Å². The number of nitrogens with zero attached hydrogens (tertiary/aromatic N) is 2. The highest BCUT2D eigenvalue weighted by molar-refractivity contribution is 5.24. The summed E-state index contributed by atoms with van der Waals surface area (Å²) in [6.45, 7) is 16.2. The third-order valence-electron chi connectivity index (χ3n) is 3.12. The van der Waals surface area contributed by atoms with Crippen LogP contribution in [0.4, 0.5) is 0 Å². The van der Waals surface area contributed by atoms with Crippen LogP contribution in [0, 0.1) is 13.8 Å². The fourth-order valence-corrected chi connectivity index (χ4v) is 1.96. The maximum Gasteiger partial charge on any atom is 0.0662 e. The molecule has 0 unspecified atom stereocenters. The van der Waals surface area contributed by atoms with Gasteiger partial charge in [-0.15, -0.1) is 0 Å². The largest absolute Gasteiger partial charge is 0.380 e. The first-order valence-electron chi connectivity index (χ1n) is 7.21. The summed E-state index contributed by atoms with van der Waals surface area (Å²) in [6, 6.07) is 0. The van der Waals surface area contributed by atoms with Crippen LogP contribution in [-0.4, -0.2) is 28.5 Å². The predicted octanol–water partition coefficient (Wildman–Crippen LogP) is 2.81. The lowest BCUT2D eigenvalue weighted by molar-refractivity contribution is 0.124. The van der Waals surface area contributed by atoms with Crippen LogP contribution in [0.25, 0.3) is 0 Å². The summed E-state index contributed by atoms with van der Waals surface area (Å²) in [6.07, 6.45) is 1.07. The Hall–Kier alpha value is -0.870. The SMILES string of the molecule is CCCOCCn1nc(C)c(CNC(C)(C)C)c1C. The zero-order chi connectivity index (χ0) is 14.5. The standard InChI is InChI=1S/C15H29N3O/c1-7-9-19-10-8-18-13(3)14(12(2)17-18)11-16-15(4,5)6/h16H,7-11H2,1-6H3. The average molecular weight is 267 g/mol. The van der Waals surface area contributed by atoms with Crippen LogP contribution in [0.3, 0.4) is 0 Å². The van der Waals surface area contributed by atoms with Crippen molar-refractivity contribution in [1.29, 1.82) is 0 Å². The summed E-state index contributed by atoms with van der Waals surface area (Å²) < 4.78 is 7.59. The van der Waals surface area contributed by atoms with E-state index in [4.69, 9.17) is 4.74 Å². The molecule has 19 heavy (non-hydrogen) atoms. The van der Waals surface area contributed by atoms with E-state index < -0.39 is 0 Å². The molecule has 1 aromatic heterocycles. The minimum atomic E-state index is 0.130. The average Bonchev–Trinajstić information content (AvgIpc) is 2.57. The Morgan fingerprint density at radius 1 is 1.21 bits per heavy atom. The van der Waals surface area contributed by atoms with Gasteiger partial charge in [-0.05, 0) is 41.0 Å². The Bertz CT molecular complexity index is 391. The number of hydrogen-bond donors (Lipinski definition) is 1. The van der Waals surface area contributed by atoms with Gasteiger partial charge in [0.15, 0.2) is 0 Å². The minimum absolute atomic E-state index is 0.130. The third-order valence-corrected chi connectivity index (χ3v) is 3.12. The van der Waals surface area contributed by atoms with Gasteiger partial charge in [0.1, 0.15) is 0 Å². The molecule has 4 nitrogen and oxygen atoms in total. The lowest BCUT2D eigenvalue weighted by Gasteiger charge is -2.20. The van der Waals surface area contributed by atoms with Crippen molar-refractivity contribution in [2.75, 3.05) is 13.2 Å². The van der Waals surface area contributed by atoms with Gasteiger partial charge in [0, 0.05) is 29.9 Å². The van der Waals surface area contributed by atoms with Gasteiger partial charge in [-0.2, -0.15) is 5.10 Å². The molecule has 0 aromatic carbocycles. The second-order valence-electron chi connectivity index (χ2n) is 6.09. The maximum absolute atomic E-state index is 5.53. The molecule has 1 rings (SSSR count). The summed E-state index contributed by atoms with van der Waals surface area (Å²) in [5.41, 5.74) is 3.80. The summed E-state index contributed by atoms with van der Waals surface area (Å²) in [4.78, 5) is 0. The zero-order valence-corrected chi connectivity index (χ0v) is 13.3. The molecule has 0 aliphatic heterocycles. The highest BCUT2D eigenvalue weighted by Crippen LogP contribution is 2.14. The predicted molar refractivity (Wildman–Crippen MR) is 79.4 cm³/mol. The van der Waals surface area contributed by atoms with E-state index >= 15 is 0 Å². The smallest absolute Gasteiger partial charge is 0.0662 e. The van der Waals surface area contributed by atoms with Crippen molar-refractivity contribution in [3.63, 3.8) is 0 Å². The van der Waals surface area contributed by atoms with Crippen LogP contribution in [0.2, 0.25) is 0 Å². The highest BCUT2D eigenvalue weighted by Gasteiger charge is 2.14. The molecule has 0 fully saturated rings. The van der Waals surface area contributed by atoms with Gasteiger partial charge in [-0.25, -0.2) is 0 Å². The Kier molecular flexibility index (Phi) is 6.01. The van der Waals surface area contributed by atoms with Gasteiger partial charge in [0.2, 0.25) is 0 Å². The molecule has 0 radical (unpaired) electrons. The van der Waals surface area contributed by atoms with Crippen LogP contribution in [0.5, 0.6) is 0 Å². The number of rotatable bonds is 7. The van der Waals surface area contributed by atoms with Crippen molar-refractivity contribution in [3.05, 3.63) is 17.0 Å². The third kappa shape index (κ3) is 5.33. The summed E-state index contributed by atoms with van der Waals surface area (Å²) in [7, 11) is 0. The molecule has 0 amide bonds. The van der Waals surface area contributed by atoms with Gasteiger partial charge >= 0.3 is 0 Å². The van der Waals surface area contributed by atoms with Gasteiger partial charge in [-0.1, -0.05) is 6.92 Å². The second-order valence-corrected chi connectivity index (χ2v) is 6.09. The summed E-state index contributed by atoms with van der Waals surface area (Å²) in [5.74, 6) is 0. The van der Waals surface area contributed by atoms with Gasteiger partial charge < -0.3 is 10.1 Å². The normalized spacial score (nSPS) is 12.1. The molecule has 0 bridgehead atoms. The van der Waals surface area contributed by atoms with Crippen LogP contribution in [0.1, 0.15) is 51.1 Å². The highest BCUT2D eigenvalue weighted by atomic mass is 16.5. The van der Waals surface area contributed by atoms with Crippen molar-refractivity contribution < 1.29 is 4.74 Å². The number of ether oxygens (including phenoxy) is 1. The second kappa shape index (κ2) is 7.06. The van der Waals surface area contributed by atoms with Gasteiger partial charge in [0.25, 0.3) is 0 Å². The number of aryl methyl sites for hydroxylation is 1. The van der Waals surface area contributed by atoms with E-state index in [1.165, 1.54) is 11.3 Å². The molecule has 0 atom stereocenters. The molecule has 0 spiro atoms. The Balaban J connectivity index is 2.61. The first kappa shape index (κ1) is 16.2. The number of nitrogens with one attached hydrogen (secondary N) is 1. The molecule has 1 aromatic rings. The van der Waals surface area contributed by atoms with Crippen LogP contribution in [-0.2, 0) is 17.8 Å². The lowest BCUT2D eigenvalue weighted by Crippen LogP contribution is -2.35. The van der Waals surface area contributed by atoms with E-state index in [-0.39, 0.29) is 5.54 Å². The van der Waals surface area contributed by atoms with Crippen LogP contribution < -0.4 is 5.32 Å². The van der Waals surface area contributed by atoms with Crippen molar-refractivity contribution in [2.45, 2.75) is 66.6 Å². The molecular formula is C15H29N3O. The molecule has 110 valence electrons. The van der Waals surface area contributed by atoms with Crippen molar-refractivity contribution in [2.24, 2.45) is 0 Å². The van der Waals surface area contributed by atoms with Gasteiger partial charge in [0.05, 0.1) is 18.8 Å². The van der Waals surface area contributed by atoms with Gasteiger partial charge in [-0.3, -0.25) is 4.68 Å². The summed E-state index contributed by atoms with van der Waals surface area (Å²) in [5, 5.41) is 8.13. The fourth-order valence-electron chi connectivity index (χ4n) is 1.96. The van der Waals surface area contributed by atoms with Crippen molar-refractivity contribution in [1.82, 2.24) is 15.1 Å². The molecule has 0 saturated heterocycles. The van der Waals surface area contributed by atoms with E-state index in [2.05, 4.69) is 56.6 Å². The molecule has 1 N–H and O–H groups in total. The maximum atomic E-state index is 5.53. The fraction of sp³-hybridized carbons (Fsp3) is 0.800. The molecule has 4 heteroatoms. The minimum Gasteiger partial charge on any atom is -0.380 e. The Morgan fingerprint density at radius 2 is 1.89 bits per heavy atom. The Morgan fingerprint density at radius 3 is 2.47 bits per heavy atom. The lowest BCUT2D eigenvalue weighted by atomic mass is 10.1. The summed E-state index contributed by atoms with van der Waals surface area (Å²) >= 11 is 0. The molecule has 1 heterocycles. The van der Waals surface area contributed by atoms with E-state index in [0.29, 0.717) is 0 Å². The van der Waals surface area contributed by atoms with E-state index in [1.54, 1.807) is 0 Å². The van der Waals surface area contributed by atoms with Crippen LogP contribution in [0.15, 0.2) is 0 Å². The van der Waals surface area contributed by atoms with Crippen molar-refractivity contribution in [3.8, 4) is 0 Å². The van der Waals surface area contributed by atoms with E-state index in [1.807, 2.05) is 0 Å². The van der Waals surface area contributed by atoms with Crippen molar-refractivity contribution >= 4 is 0 Å². The molecule has 0 aliphatic carbocycles. The quantitative estimate of drug-likeness (QED) is 0.772. The number of aromatic nitrogens is 2. The molecular weight excluding hydrogens is 238 g/mol. The number of hydrogen-bond acceptors (Lipinski definition) is 3. The topological polar surface area (TPSA) is 39.1 Å². The van der Waals surface area contributed by atoms with E-state index in [9.17, 15) is 0 Å². The van der Waals surface area contributed by atoms with E-state index in [0.717, 1.165) is 38.4 Å². The first-order valence-corrected chi connectivity index (χ1v) is 7.21. The zero-order valence-electron chi connectivity index (χ0n) is 13.3.